The number of H-pyrrole nitrogens is 1. The lowest BCUT2D eigenvalue weighted by molar-refractivity contribution is -0.192. The third-order valence-corrected chi connectivity index (χ3v) is 4.23. The largest absolute Gasteiger partial charge is 0.490 e. The number of nitrogens with one attached hydrogen (secondary N) is 1. The molecule has 0 bridgehead atoms. The molecule has 0 saturated carbocycles. The van der Waals surface area contributed by atoms with Crippen molar-refractivity contribution in [2.45, 2.75) is 18.6 Å². The zero-order chi connectivity index (χ0) is 24.4. The second-order valence-electron chi connectivity index (χ2n) is 6.44. The molecular formula is C22H19F3N6O2. The second-order valence-corrected chi connectivity index (χ2v) is 6.44. The van der Waals surface area contributed by atoms with E-state index in [1.165, 1.54) is 12.5 Å². The highest BCUT2D eigenvalue weighted by Crippen LogP contribution is 2.24. The van der Waals surface area contributed by atoms with Gasteiger partial charge in [-0.3, -0.25) is 4.99 Å². The lowest BCUT2D eigenvalue weighted by Crippen LogP contribution is -2.21. The maximum atomic E-state index is 10.6. The molecule has 0 aliphatic rings. The Morgan fingerprint density at radius 2 is 2.09 bits per heavy atom. The summed E-state index contributed by atoms with van der Waals surface area (Å²) in [5.41, 5.74) is 9.53. The number of aliphatic carboxylic acids is 1. The van der Waals surface area contributed by atoms with Gasteiger partial charge in [-0.1, -0.05) is 18.2 Å². The maximum absolute atomic E-state index is 10.6. The monoisotopic (exact) mass is 456 g/mol. The van der Waals surface area contributed by atoms with Crippen LogP contribution in [-0.4, -0.2) is 38.4 Å². The van der Waals surface area contributed by atoms with Crippen molar-refractivity contribution in [3.05, 3.63) is 78.5 Å². The van der Waals surface area contributed by atoms with Crippen LogP contribution in [0.3, 0.4) is 0 Å². The predicted molar refractivity (Wildman–Crippen MR) is 117 cm³/mol. The van der Waals surface area contributed by atoms with E-state index in [1.807, 2.05) is 36.5 Å². The Labute approximate surface area is 186 Å². The number of carboxylic acids is 1. The fourth-order valence-electron chi connectivity index (χ4n) is 2.71. The SMILES string of the molecule is C=CCC(N=CC(=CN)c1ncnc2[nH]ccc12)c1cccc(C#N)c1.O=C(O)C(F)(F)F. The number of hydrogen-bond acceptors (Lipinski definition) is 6. The quantitative estimate of drug-likeness (QED) is 0.376. The number of fused-ring (bicyclic) bond motifs is 1. The lowest BCUT2D eigenvalue weighted by atomic mass is 10.0. The summed E-state index contributed by atoms with van der Waals surface area (Å²) in [6, 6.07) is 11.3. The van der Waals surface area contributed by atoms with Crippen LogP contribution in [0.2, 0.25) is 0 Å². The lowest BCUT2D eigenvalue weighted by Gasteiger charge is -2.11. The summed E-state index contributed by atoms with van der Waals surface area (Å²) >= 11 is 0. The van der Waals surface area contributed by atoms with Gasteiger partial charge in [0.15, 0.2) is 0 Å². The summed E-state index contributed by atoms with van der Waals surface area (Å²) in [5.74, 6) is -2.76. The van der Waals surface area contributed by atoms with Gasteiger partial charge in [-0.2, -0.15) is 18.4 Å². The van der Waals surface area contributed by atoms with E-state index in [0.29, 0.717) is 23.3 Å². The van der Waals surface area contributed by atoms with Gasteiger partial charge in [0.2, 0.25) is 0 Å². The van der Waals surface area contributed by atoms with Gasteiger partial charge in [-0.25, -0.2) is 14.8 Å². The fourth-order valence-corrected chi connectivity index (χ4v) is 2.71. The number of aromatic amines is 1. The van der Waals surface area contributed by atoms with Gasteiger partial charge in [0, 0.05) is 29.6 Å². The number of carboxylic acid groups (broad SMARTS) is 1. The van der Waals surface area contributed by atoms with Crippen molar-refractivity contribution in [2.24, 2.45) is 10.7 Å². The number of alkyl halides is 3. The Kier molecular flexibility index (Phi) is 8.45. The topological polar surface area (TPSA) is 141 Å². The van der Waals surface area contributed by atoms with Crippen LogP contribution in [-0.2, 0) is 4.79 Å². The predicted octanol–water partition coefficient (Wildman–Crippen LogP) is 4.15. The molecule has 1 unspecified atom stereocenters. The molecule has 3 rings (SSSR count). The molecule has 1 atom stereocenters. The first-order valence-electron chi connectivity index (χ1n) is 9.35. The molecular weight excluding hydrogens is 437 g/mol. The first kappa shape index (κ1) is 24.8. The Bertz CT molecular complexity index is 1220. The van der Waals surface area contributed by atoms with Crippen LogP contribution in [0.5, 0.6) is 0 Å². The minimum absolute atomic E-state index is 0.153. The van der Waals surface area contributed by atoms with Crippen molar-refractivity contribution in [3.63, 3.8) is 0 Å². The summed E-state index contributed by atoms with van der Waals surface area (Å²) in [6.07, 6.45) is 3.86. The van der Waals surface area contributed by atoms with Crippen LogP contribution < -0.4 is 5.73 Å². The van der Waals surface area contributed by atoms with E-state index in [4.69, 9.17) is 20.9 Å². The minimum Gasteiger partial charge on any atom is -0.475 e. The number of nitrogens with two attached hydrogens (primary N) is 1. The number of halogens is 3. The molecule has 0 aliphatic carbocycles. The van der Waals surface area contributed by atoms with Gasteiger partial charge < -0.3 is 15.8 Å². The van der Waals surface area contributed by atoms with E-state index in [0.717, 1.165) is 16.6 Å². The number of aromatic nitrogens is 3. The van der Waals surface area contributed by atoms with Crippen LogP contribution in [0, 0.1) is 11.3 Å². The van der Waals surface area contributed by atoms with Crippen LogP contribution in [0.15, 0.2) is 66.7 Å². The number of nitriles is 1. The smallest absolute Gasteiger partial charge is 0.475 e. The molecule has 0 aliphatic heterocycles. The zero-order valence-corrected chi connectivity index (χ0v) is 17.1. The summed E-state index contributed by atoms with van der Waals surface area (Å²) in [6.45, 7) is 3.81. The molecule has 33 heavy (non-hydrogen) atoms. The Morgan fingerprint density at radius 1 is 1.36 bits per heavy atom. The van der Waals surface area contributed by atoms with E-state index >= 15 is 0 Å². The van der Waals surface area contributed by atoms with Crippen molar-refractivity contribution in [3.8, 4) is 6.07 Å². The number of nitrogens with zero attached hydrogens (tertiary/aromatic N) is 4. The van der Waals surface area contributed by atoms with Crippen LogP contribution in [0.1, 0.15) is 29.3 Å². The van der Waals surface area contributed by atoms with E-state index in [1.54, 1.807) is 12.3 Å². The molecule has 11 heteroatoms. The highest BCUT2D eigenvalue weighted by atomic mass is 19.4. The van der Waals surface area contributed by atoms with Gasteiger partial charge in [-0.15, -0.1) is 6.58 Å². The Morgan fingerprint density at radius 3 is 2.70 bits per heavy atom. The molecule has 0 saturated heterocycles. The summed E-state index contributed by atoms with van der Waals surface area (Å²) < 4.78 is 31.7. The highest BCUT2D eigenvalue weighted by Gasteiger charge is 2.38. The number of allylic oxidation sites excluding steroid dienone is 1. The number of carbonyl (C=O) groups is 1. The Hall–Kier alpha value is -4.46. The highest BCUT2D eigenvalue weighted by molar-refractivity contribution is 6.13. The Balaban J connectivity index is 0.000000479. The third kappa shape index (κ3) is 6.76. The molecule has 0 radical (unpaired) electrons. The van der Waals surface area contributed by atoms with Gasteiger partial charge in [0.05, 0.1) is 23.4 Å². The van der Waals surface area contributed by atoms with Crippen molar-refractivity contribution >= 4 is 28.8 Å². The van der Waals surface area contributed by atoms with Crippen LogP contribution in [0.4, 0.5) is 13.2 Å². The fraction of sp³-hybridized carbons (Fsp3) is 0.136. The normalized spacial score (nSPS) is 12.6. The molecule has 4 N–H and O–H groups in total. The van der Waals surface area contributed by atoms with Gasteiger partial charge in [-0.05, 0) is 30.2 Å². The van der Waals surface area contributed by atoms with Gasteiger partial charge >= 0.3 is 12.1 Å². The van der Waals surface area contributed by atoms with Crippen molar-refractivity contribution in [1.29, 1.82) is 5.26 Å². The third-order valence-electron chi connectivity index (χ3n) is 4.23. The average molecular weight is 456 g/mol. The molecule has 0 amide bonds. The number of rotatable bonds is 6. The molecule has 2 aromatic heterocycles. The van der Waals surface area contributed by atoms with E-state index in [-0.39, 0.29) is 6.04 Å². The van der Waals surface area contributed by atoms with E-state index in [9.17, 15) is 13.2 Å². The van der Waals surface area contributed by atoms with Gasteiger partial charge in [0.25, 0.3) is 0 Å². The summed E-state index contributed by atoms with van der Waals surface area (Å²) in [7, 11) is 0. The first-order valence-corrected chi connectivity index (χ1v) is 9.35. The maximum Gasteiger partial charge on any atom is 0.490 e. The van der Waals surface area contributed by atoms with Crippen molar-refractivity contribution < 1.29 is 23.1 Å². The molecule has 3 aromatic rings. The number of aliphatic imine (C=N–C) groups is 1. The molecule has 8 nitrogen and oxygen atoms in total. The van der Waals surface area contributed by atoms with Gasteiger partial charge in [0.1, 0.15) is 12.0 Å². The minimum atomic E-state index is -5.08. The summed E-state index contributed by atoms with van der Waals surface area (Å²) in [5, 5.41) is 17.1. The molecule has 0 fully saturated rings. The van der Waals surface area contributed by atoms with Crippen LogP contribution >= 0.6 is 0 Å². The molecule has 170 valence electrons. The molecule has 2 heterocycles. The second kappa shape index (κ2) is 11.2. The first-order chi connectivity index (χ1) is 15.7. The van der Waals surface area contributed by atoms with Crippen molar-refractivity contribution in [2.75, 3.05) is 0 Å². The van der Waals surface area contributed by atoms with Crippen LogP contribution in [0.25, 0.3) is 16.6 Å². The standard InChI is InChI=1S/C20H18N6.C2HF3O2/c1-2-4-18(15-6-3-5-14(9-15)10-21)24-12-16(11-22)19-17-7-8-23-20(17)26-13-25-19;3-2(4,5)1(6)7/h2-3,5-9,11-13,18H,1,4,22H2,(H,23,25,26);(H,6,7). The zero-order valence-electron chi connectivity index (χ0n) is 17.1. The van der Waals surface area contributed by atoms with E-state index in [2.05, 4.69) is 32.6 Å². The van der Waals surface area contributed by atoms with E-state index < -0.39 is 12.1 Å². The summed E-state index contributed by atoms with van der Waals surface area (Å²) in [4.78, 5) is 25.2. The van der Waals surface area contributed by atoms with Crippen molar-refractivity contribution in [1.82, 2.24) is 15.0 Å². The number of hydrogen-bond donors (Lipinski definition) is 3. The molecule has 1 aromatic carbocycles. The number of benzene rings is 1. The molecule has 0 spiro atoms. The average Bonchev–Trinajstić information content (AvgIpc) is 3.28.